The Labute approximate surface area is 165 Å². The largest absolute Gasteiger partial charge is 0.497 e. The van der Waals surface area contributed by atoms with Gasteiger partial charge >= 0.3 is 5.97 Å². The van der Waals surface area contributed by atoms with Crippen LogP contribution in [0.15, 0.2) is 53.2 Å². The number of hydrogen-bond donors (Lipinski definition) is 0. The van der Waals surface area contributed by atoms with Crippen molar-refractivity contribution < 1.29 is 19.0 Å². The van der Waals surface area contributed by atoms with Gasteiger partial charge in [-0.1, -0.05) is 32.0 Å². The molecule has 0 fully saturated rings. The highest BCUT2D eigenvalue weighted by Crippen LogP contribution is 2.29. The van der Waals surface area contributed by atoms with Crippen molar-refractivity contribution in [3.63, 3.8) is 0 Å². The van der Waals surface area contributed by atoms with Gasteiger partial charge in [-0.2, -0.15) is 0 Å². The molecule has 1 heterocycles. The van der Waals surface area contributed by atoms with Crippen molar-refractivity contribution in [3.8, 4) is 11.5 Å². The van der Waals surface area contributed by atoms with Crippen LogP contribution in [0, 0.1) is 0 Å². The van der Waals surface area contributed by atoms with Crippen molar-refractivity contribution in [3.05, 3.63) is 64.9 Å². The Kier molecular flexibility index (Phi) is 6.14. The first kappa shape index (κ1) is 19.7. The van der Waals surface area contributed by atoms with E-state index in [4.69, 9.17) is 14.2 Å². The molecule has 0 atom stereocenters. The predicted molar refractivity (Wildman–Crippen MR) is 110 cm³/mol. The quantitative estimate of drug-likeness (QED) is 0.514. The molecule has 2 aromatic carbocycles. The first-order valence-corrected chi connectivity index (χ1v) is 9.32. The van der Waals surface area contributed by atoms with Gasteiger partial charge in [-0.05, 0) is 59.4 Å². The van der Waals surface area contributed by atoms with Crippen molar-refractivity contribution in [2.75, 3.05) is 14.2 Å². The number of ether oxygens (including phenoxy) is 3. The van der Waals surface area contributed by atoms with Crippen LogP contribution in [-0.4, -0.2) is 26.1 Å². The predicted octanol–water partition coefficient (Wildman–Crippen LogP) is 4.76. The number of esters is 1. The minimum Gasteiger partial charge on any atom is -0.497 e. The summed E-state index contributed by atoms with van der Waals surface area (Å²) in [4.78, 5) is 16.6. The third-order valence-corrected chi connectivity index (χ3v) is 4.61. The number of carbonyl (C=O) groups is 1. The number of nitrogens with zero attached hydrogens (tertiary/aromatic N) is 1. The maximum Gasteiger partial charge on any atom is 0.363 e. The average molecular weight is 379 g/mol. The topological polar surface area (TPSA) is 57.1 Å². The molecule has 0 amide bonds. The Balaban J connectivity index is 1.75. The highest BCUT2D eigenvalue weighted by atomic mass is 16.6. The van der Waals surface area contributed by atoms with Crippen molar-refractivity contribution in [2.45, 2.75) is 32.6 Å². The summed E-state index contributed by atoms with van der Waals surface area (Å²) >= 11 is 0. The normalized spacial score (nSPS) is 15.0. The zero-order valence-corrected chi connectivity index (χ0v) is 16.7. The van der Waals surface area contributed by atoms with Crippen LogP contribution in [-0.2, 0) is 16.0 Å². The van der Waals surface area contributed by atoms with E-state index in [0.29, 0.717) is 23.9 Å². The summed E-state index contributed by atoms with van der Waals surface area (Å²) in [5, 5.41) is 0. The zero-order valence-electron chi connectivity index (χ0n) is 16.7. The van der Waals surface area contributed by atoms with Crippen LogP contribution in [0.5, 0.6) is 11.5 Å². The summed E-state index contributed by atoms with van der Waals surface area (Å²) in [5.41, 5.74) is 3.41. The fourth-order valence-electron chi connectivity index (χ4n) is 3.09. The van der Waals surface area contributed by atoms with E-state index in [1.165, 1.54) is 0 Å². The average Bonchev–Trinajstić information content (AvgIpc) is 3.05. The van der Waals surface area contributed by atoms with Gasteiger partial charge in [0.15, 0.2) is 11.6 Å². The first-order valence-electron chi connectivity index (χ1n) is 9.32. The molecule has 5 heteroatoms. The lowest BCUT2D eigenvalue weighted by atomic mass is 9.99. The van der Waals surface area contributed by atoms with E-state index >= 15 is 0 Å². The van der Waals surface area contributed by atoms with Crippen LogP contribution < -0.4 is 9.47 Å². The molecule has 0 unspecified atom stereocenters. The van der Waals surface area contributed by atoms with Crippen molar-refractivity contribution in [2.24, 2.45) is 4.99 Å². The third-order valence-electron chi connectivity index (χ3n) is 4.61. The van der Waals surface area contributed by atoms with Gasteiger partial charge in [-0.15, -0.1) is 0 Å². The minimum atomic E-state index is -0.414. The fourth-order valence-corrected chi connectivity index (χ4v) is 3.09. The molecule has 0 bridgehead atoms. The molecule has 28 heavy (non-hydrogen) atoms. The van der Waals surface area contributed by atoms with Crippen LogP contribution >= 0.6 is 0 Å². The number of hydrogen-bond acceptors (Lipinski definition) is 5. The van der Waals surface area contributed by atoms with Crippen LogP contribution in [0.4, 0.5) is 0 Å². The molecule has 2 aromatic rings. The summed E-state index contributed by atoms with van der Waals surface area (Å²) in [5.74, 6) is 1.99. The number of aryl methyl sites for hydroxylation is 1. The van der Waals surface area contributed by atoms with E-state index in [-0.39, 0.29) is 0 Å². The molecule has 0 aliphatic carbocycles. The molecule has 1 aliphatic heterocycles. The molecule has 146 valence electrons. The molecule has 0 spiro atoms. The highest BCUT2D eigenvalue weighted by Gasteiger charge is 2.23. The number of aliphatic imine (C=N–C) groups is 1. The van der Waals surface area contributed by atoms with Gasteiger partial charge in [0, 0.05) is 6.42 Å². The lowest BCUT2D eigenvalue weighted by Crippen LogP contribution is -2.05. The Hall–Kier alpha value is -3.08. The Morgan fingerprint density at radius 3 is 2.61 bits per heavy atom. The Morgan fingerprint density at radius 2 is 1.89 bits per heavy atom. The molecule has 0 aromatic heterocycles. The number of benzene rings is 2. The van der Waals surface area contributed by atoms with Crippen molar-refractivity contribution in [1.29, 1.82) is 0 Å². The van der Waals surface area contributed by atoms with Gasteiger partial charge in [0.2, 0.25) is 0 Å². The maximum atomic E-state index is 12.2. The highest BCUT2D eigenvalue weighted by molar-refractivity contribution is 6.07. The SMILES string of the molecule is COc1cccc(CCC2=N/C(=C/c3ccc(OC)c(C(C)C)c3)C(=O)O2)c1. The maximum absolute atomic E-state index is 12.2. The smallest absolute Gasteiger partial charge is 0.363 e. The van der Waals surface area contributed by atoms with Gasteiger partial charge in [0.1, 0.15) is 11.5 Å². The van der Waals surface area contributed by atoms with Gasteiger partial charge in [0.25, 0.3) is 0 Å². The number of rotatable bonds is 7. The Morgan fingerprint density at radius 1 is 1.07 bits per heavy atom. The molecule has 0 saturated carbocycles. The second kappa shape index (κ2) is 8.74. The lowest BCUT2D eigenvalue weighted by molar-refractivity contribution is -0.130. The summed E-state index contributed by atoms with van der Waals surface area (Å²) < 4.78 is 16.0. The summed E-state index contributed by atoms with van der Waals surface area (Å²) in [6.45, 7) is 4.21. The van der Waals surface area contributed by atoms with Gasteiger partial charge in [-0.3, -0.25) is 0 Å². The van der Waals surface area contributed by atoms with E-state index in [0.717, 1.165) is 34.6 Å². The van der Waals surface area contributed by atoms with Gasteiger partial charge in [0.05, 0.1) is 14.2 Å². The van der Waals surface area contributed by atoms with E-state index in [9.17, 15) is 4.79 Å². The molecule has 3 rings (SSSR count). The molecular weight excluding hydrogens is 354 g/mol. The zero-order chi connectivity index (χ0) is 20.1. The van der Waals surface area contributed by atoms with Gasteiger partial charge < -0.3 is 14.2 Å². The summed E-state index contributed by atoms with van der Waals surface area (Å²) in [6, 6.07) is 13.7. The lowest BCUT2D eigenvalue weighted by Gasteiger charge is -2.12. The fraction of sp³-hybridized carbons (Fsp3) is 0.304. The van der Waals surface area contributed by atoms with E-state index in [1.54, 1.807) is 20.3 Å². The summed E-state index contributed by atoms with van der Waals surface area (Å²) in [6.07, 6.45) is 3.03. The minimum absolute atomic E-state index is 0.311. The monoisotopic (exact) mass is 379 g/mol. The molecule has 0 saturated heterocycles. The molecule has 5 nitrogen and oxygen atoms in total. The first-order chi connectivity index (χ1) is 13.5. The van der Waals surface area contributed by atoms with Crippen LogP contribution in [0.25, 0.3) is 6.08 Å². The molecule has 1 aliphatic rings. The second-order valence-electron chi connectivity index (χ2n) is 6.93. The number of methoxy groups -OCH3 is 2. The van der Waals surface area contributed by atoms with Crippen LogP contribution in [0.1, 0.15) is 42.9 Å². The summed E-state index contributed by atoms with van der Waals surface area (Å²) in [7, 11) is 3.30. The van der Waals surface area contributed by atoms with Crippen molar-refractivity contribution in [1.82, 2.24) is 0 Å². The number of cyclic esters (lactones) is 1. The van der Waals surface area contributed by atoms with E-state index in [2.05, 4.69) is 18.8 Å². The Bertz CT molecular complexity index is 928. The van der Waals surface area contributed by atoms with Crippen LogP contribution in [0.2, 0.25) is 0 Å². The van der Waals surface area contributed by atoms with E-state index < -0.39 is 5.97 Å². The van der Waals surface area contributed by atoms with Crippen molar-refractivity contribution >= 4 is 17.9 Å². The second-order valence-corrected chi connectivity index (χ2v) is 6.93. The number of carbonyl (C=O) groups excluding carboxylic acids is 1. The third kappa shape index (κ3) is 4.60. The molecular formula is C23H25NO4. The molecule has 0 N–H and O–H groups in total. The van der Waals surface area contributed by atoms with Gasteiger partial charge in [-0.25, -0.2) is 9.79 Å². The standard InChI is InChI=1S/C23H25NO4/c1-15(2)19-13-17(8-10-21(19)27-4)14-20-23(25)28-22(24-20)11-9-16-6-5-7-18(12-16)26-3/h5-8,10,12-15H,9,11H2,1-4H3/b20-14+. The molecule has 0 radical (unpaired) electrons. The van der Waals surface area contributed by atoms with Crippen LogP contribution in [0.3, 0.4) is 0 Å². The van der Waals surface area contributed by atoms with E-state index in [1.807, 2.05) is 42.5 Å².